The molecule has 6 heteroatoms. The Kier molecular flexibility index (Phi) is 7.69. The minimum absolute atomic E-state index is 0.0412. The van der Waals surface area contributed by atoms with Crippen molar-refractivity contribution in [3.05, 3.63) is 93.9 Å². The summed E-state index contributed by atoms with van der Waals surface area (Å²) in [5.74, 6) is 0.318. The topological polar surface area (TPSA) is 38.8 Å². The SMILES string of the molecule is O=C(/C=C/c1cccc(F)c1)N(Cc1cccc(OCc2ccsc2)c1)C[C@H]1CCCO1. The van der Waals surface area contributed by atoms with Crippen LogP contribution in [0.25, 0.3) is 6.08 Å². The maximum atomic E-state index is 13.4. The molecule has 0 unspecified atom stereocenters. The van der Waals surface area contributed by atoms with Gasteiger partial charge in [0.25, 0.3) is 0 Å². The van der Waals surface area contributed by atoms with E-state index in [0.717, 1.165) is 36.3 Å². The summed E-state index contributed by atoms with van der Waals surface area (Å²) in [5, 5.41) is 4.10. The molecule has 0 spiro atoms. The Balaban J connectivity index is 1.45. The van der Waals surface area contributed by atoms with E-state index in [4.69, 9.17) is 9.47 Å². The Morgan fingerprint density at radius 2 is 2.09 bits per heavy atom. The maximum Gasteiger partial charge on any atom is 0.246 e. The lowest BCUT2D eigenvalue weighted by Gasteiger charge is -2.24. The summed E-state index contributed by atoms with van der Waals surface area (Å²) < 4.78 is 25.1. The molecule has 0 aliphatic carbocycles. The van der Waals surface area contributed by atoms with Gasteiger partial charge < -0.3 is 14.4 Å². The molecule has 2 aromatic carbocycles. The van der Waals surface area contributed by atoms with Crippen molar-refractivity contribution in [2.75, 3.05) is 13.2 Å². The van der Waals surface area contributed by atoms with E-state index in [1.54, 1.807) is 34.4 Å². The number of nitrogens with zero attached hydrogens (tertiary/aromatic N) is 1. The maximum absolute atomic E-state index is 13.4. The van der Waals surface area contributed by atoms with Gasteiger partial charge in [0, 0.05) is 25.8 Å². The van der Waals surface area contributed by atoms with Gasteiger partial charge in [-0.1, -0.05) is 24.3 Å². The van der Waals surface area contributed by atoms with Crippen LogP contribution in [0.5, 0.6) is 5.75 Å². The van der Waals surface area contributed by atoms with E-state index in [-0.39, 0.29) is 17.8 Å². The molecule has 3 aromatic rings. The molecule has 0 radical (unpaired) electrons. The lowest BCUT2D eigenvalue weighted by atomic mass is 10.1. The largest absolute Gasteiger partial charge is 0.489 e. The number of hydrogen-bond acceptors (Lipinski definition) is 4. The number of rotatable bonds is 9. The molecule has 1 aliphatic heterocycles. The summed E-state index contributed by atoms with van der Waals surface area (Å²) in [6.07, 6.45) is 5.15. The molecule has 1 fully saturated rings. The van der Waals surface area contributed by atoms with Crippen LogP contribution in [0.3, 0.4) is 0 Å². The number of thiophene rings is 1. The Morgan fingerprint density at radius 3 is 2.88 bits per heavy atom. The molecule has 4 nitrogen and oxygen atoms in total. The van der Waals surface area contributed by atoms with E-state index in [0.29, 0.717) is 25.3 Å². The number of hydrogen-bond donors (Lipinski definition) is 0. The fourth-order valence-electron chi connectivity index (χ4n) is 3.65. The Morgan fingerprint density at radius 1 is 1.19 bits per heavy atom. The van der Waals surface area contributed by atoms with Crippen molar-refractivity contribution < 1.29 is 18.7 Å². The predicted molar refractivity (Wildman–Crippen MR) is 125 cm³/mol. The van der Waals surface area contributed by atoms with Crippen molar-refractivity contribution in [1.82, 2.24) is 4.90 Å². The molecule has 32 heavy (non-hydrogen) atoms. The molecule has 166 valence electrons. The first-order valence-electron chi connectivity index (χ1n) is 10.7. The minimum Gasteiger partial charge on any atom is -0.489 e. The summed E-state index contributed by atoms with van der Waals surface area (Å²) in [5.41, 5.74) is 2.77. The van der Waals surface area contributed by atoms with Crippen molar-refractivity contribution in [3.63, 3.8) is 0 Å². The molecular formula is C26H26FNO3S. The first-order chi connectivity index (χ1) is 15.7. The third-order valence-corrected chi connectivity index (χ3v) is 6.02. The molecule has 2 heterocycles. The minimum atomic E-state index is -0.324. The van der Waals surface area contributed by atoms with Gasteiger partial charge in [0.1, 0.15) is 18.2 Å². The van der Waals surface area contributed by atoms with Crippen LogP contribution < -0.4 is 4.74 Å². The summed E-state index contributed by atoms with van der Waals surface area (Å²) in [4.78, 5) is 14.8. The van der Waals surface area contributed by atoms with Gasteiger partial charge in [-0.05, 0) is 76.7 Å². The zero-order valence-electron chi connectivity index (χ0n) is 17.8. The van der Waals surface area contributed by atoms with E-state index in [1.807, 2.05) is 35.7 Å². The molecule has 1 amide bonds. The number of carbonyl (C=O) groups is 1. The zero-order valence-corrected chi connectivity index (χ0v) is 18.6. The molecule has 1 saturated heterocycles. The van der Waals surface area contributed by atoms with Crippen LogP contribution in [0.15, 0.2) is 71.4 Å². The third-order valence-electron chi connectivity index (χ3n) is 5.28. The van der Waals surface area contributed by atoms with E-state index >= 15 is 0 Å². The second-order valence-corrected chi connectivity index (χ2v) is 8.59. The van der Waals surface area contributed by atoms with E-state index in [1.165, 1.54) is 18.2 Å². The van der Waals surface area contributed by atoms with Crippen molar-refractivity contribution >= 4 is 23.3 Å². The van der Waals surface area contributed by atoms with Gasteiger partial charge in [-0.2, -0.15) is 11.3 Å². The number of carbonyl (C=O) groups excluding carboxylic acids is 1. The van der Waals surface area contributed by atoms with Crippen LogP contribution >= 0.6 is 11.3 Å². The van der Waals surface area contributed by atoms with Gasteiger partial charge in [0.15, 0.2) is 0 Å². The molecule has 0 bridgehead atoms. The second-order valence-electron chi connectivity index (χ2n) is 7.81. The number of halogens is 1. The second kappa shape index (κ2) is 11.1. The summed E-state index contributed by atoms with van der Waals surface area (Å²) in [6.45, 7) is 2.22. The summed E-state index contributed by atoms with van der Waals surface area (Å²) in [6, 6.07) is 16.1. The normalized spacial score (nSPS) is 15.8. The highest BCUT2D eigenvalue weighted by Gasteiger charge is 2.22. The van der Waals surface area contributed by atoms with Gasteiger partial charge in [0.05, 0.1) is 6.10 Å². The standard InChI is InChI=1S/C26H26FNO3S/c27-23-6-1-4-20(14-23)9-10-26(29)28(17-25-8-3-12-30-25)16-21-5-2-7-24(15-21)31-18-22-11-13-32-19-22/h1-2,4-7,9-11,13-15,19,25H,3,8,12,16-18H2/b10-9+/t25-/m1/s1. The van der Waals surface area contributed by atoms with Gasteiger partial charge in [0.2, 0.25) is 5.91 Å². The monoisotopic (exact) mass is 451 g/mol. The Hall–Kier alpha value is -2.96. The van der Waals surface area contributed by atoms with Crippen LogP contribution in [-0.2, 0) is 22.7 Å². The lowest BCUT2D eigenvalue weighted by molar-refractivity contribution is -0.128. The van der Waals surface area contributed by atoms with Gasteiger partial charge in [-0.25, -0.2) is 4.39 Å². The van der Waals surface area contributed by atoms with E-state index in [2.05, 4.69) is 5.38 Å². The van der Waals surface area contributed by atoms with Crippen LogP contribution in [0.1, 0.15) is 29.5 Å². The van der Waals surface area contributed by atoms with Gasteiger partial charge in [-0.3, -0.25) is 4.79 Å². The molecule has 1 aliphatic rings. The highest BCUT2D eigenvalue weighted by atomic mass is 32.1. The molecule has 4 rings (SSSR count). The van der Waals surface area contributed by atoms with Crippen LogP contribution in [0.4, 0.5) is 4.39 Å². The first-order valence-corrected chi connectivity index (χ1v) is 11.7. The van der Waals surface area contributed by atoms with Crippen LogP contribution in [0.2, 0.25) is 0 Å². The van der Waals surface area contributed by atoms with Crippen molar-refractivity contribution in [3.8, 4) is 5.75 Å². The Bertz CT molecular complexity index is 1040. The summed E-state index contributed by atoms with van der Waals surface area (Å²) >= 11 is 1.64. The zero-order chi connectivity index (χ0) is 22.2. The lowest BCUT2D eigenvalue weighted by Crippen LogP contribution is -2.35. The average Bonchev–Trinajstić information content (AvgIpc) is 3.50. The molecular weight excluding hydrogens is 425 g/mol. The molecule has 0 saturated carbocycles. The smallest absolute Gasteiger partial charge is 0.246 e. The Labute approximate surface area is 191 Å². The number of ether oxygens (including phenoxy) is 2. The average molecular weight is 452 g/mol. The molecule has 1 aromatic heterocycles. The van der Waals surface area contributed by atoms with E-state index in [9.17, 15) is 9.18 Å². The van der Waals surface area contributed by atoms with Crippen molar-refractivity contribution in [2.24, 2.45) is 0 Å². The fraction of sp³-hybridized carbons (Fsp3) is 0.269. The quantitative estimate of drug-likeness (QED) is 0.393. The van der Waals surface area contributed by atoms with Gasteiger partial charge >= 0.3 is 0 Å². The van der Waals surface area contributed by atoms with Crippen LogP contribution in [0, 0.1) is 5.82 Å². The third kappa shape index (κ3) is 6.52. The number of amides is 1. The molecule has 1 atom stereocenters. The van der Waals surface area contributed by atoms with E-state index < -0.39 is 0 Å². The highest BCUT2D eigenvalue weighted by Crippen LogP contribution is 2.20. The first kappa shape index (κ1) is 22.2. The van der Waals surface area contributed by atoms with Crippen molar-refractivity contribution in [1.29, 1.82) is 0 Å². The van der Waals surface area contributed by atoms with Gasteiger partial charge in [-0.15, -0.1) is 0 Å². The predicted octanol–water partition coefficient (Wildman–Crippen LogP) is 5.69. The summed E-state index contributed by atoms with van der Waals surface area (Å²) in [7, 11) is 0. The molecule has 0 N–H and O–H groups in total. The van der Waals surface area contributed by atoms with Crippen molar-refractivity contribution in [2.45, 2.75) is 32.1 Å². The number of benzene rings is 2. The fourth-order valence-corrected chi connectivity index (χ4v) is 4.30. The van der Waals surface area contributed by atoms with Crippen LogP contribution in [-0.4, -0.2) is 30.1 Å². The highest BCUT2D eigenvalue weighted by molar-refractivity contribution is 7.07.